The number of esters is 1. The van der Waals surface area contributed by atoms with Gasteiger partial charge in [0, 0.05) is 6.42 Å². The Labute approximate surface area is 99.5 Å². The Morgan fingerprint density at radius 2 is 2.18 bits per heavy atom. The average Bonchev–Trinajstić information content (AvgIpc) is 2.31. The molecule has 0 saturated heterocycles. The third-order valence-corrected chi connectivity index (χ3v) is 2.20. The van der Waals surface area contributed by atoms with E-state index in [0.717, 1.165) is 0 Å². The molecule has 0 heterocycles. The second-order valence-corrected chi connectivity index (χ2v) is 3.42. The van der Waals surface area contributed by atoms with Crippen molar-refractivity contribution < 1.29 is 19.4 Å². The Balaban J connectivity index is 3.22. The van der Waals surface area contributed by atoms with Gasteiger partial charge in [-0.2, -0.15) is 0 Å². The maximum atomic E-state index is 11.3. The van der Waals surface area contributed by atoms with Crippen LogP contribution in [0.5, 0.6) is 5.75 Å². The molecule has 17 heavy (non-hydrogen) atoms. The molecule has 0 atom stereocenters. The number of carbonyl (C=O) groups excluding carboxylic acids is 1. The fourth-order valence-corrected chi connectivity index (χ4v) is 1.38. The Morgan fingerprint density at radius 1 is 1.47 bits per heavy atom. The predicted molar refractivity (Wildman–Crippen MR) is 63.2 cm³/mol. The van der Waals surface area contributed by atoms with Crippen LogP contribution >= 0.6 is 0 Å². The molecule has 0 spiro atoms. The van der Waals surface area contributed by atoms with Gasteiger partial charge in [-0.3, -0.25) is 4.79 Å². The van der Waals surface area contributed by atoms with Crippen molar-refractivity contribution in [1.29, 1.82) is 0 Å². The second kappa shape index (κ2) is 5.84. The number of benzene rings is 1. The van der Waals surface area contributed by atoms with Crippen LogP contribution in [0, 0.1) is 0 Å². The first kappa shape index (κ1) is 13.0. The van der Waals surface area contributed by atoms with Crippen LogP contribution in [0.25, 0.3) is 0 Å². The van der Waals surface area contributed by atoms with Gasteiger partial charge in [0.25, 0.3) is 0 Å². The molecule has 0 bridgehead atoms. The molecule has 1 aromatic carbocycles. The molecule has 0 radical (unpaired) electrons. The lowest BCUT2D eigenvalue weighted by molar-refractivity contribution is -0.134. The van der Waals surface area contributed by atoms with Gasteiger partial charge < -0.3 is 9.84 Å². The molecule has 0 aliphatic carbocycles. The highest BCUT2D eigenvalue weighted by Crippen LogP contribution is 2.25. The van der Waals surface area contributed by atoms with E-state index in [9.17, 15) is 9.59 Å². The zero-order valence-corrected chi connectivity index (χ0v) is 9.60. The summed E-state index contributed by atoms with van der Waals surface area (Å²) >= 11 is 0. The highest BCUT2D eigenvalue weighted by atomic mass is 16.5. The number of aromatic carboxylic acids is 1. The van der Waals surface area contributed by atoms with Crippen LogP contribution in [0.2, 0.25) is 0 Å². The van der Waals surface area contributed by atoms with E-state index in [4.69, 9.17) is 9.84 Å². The number of allylic oxidation sites excluding steroid dienone is 1. The normalized spacial score (nSPS) is 9.71. The average molecular weight is 234 g/mol. The zero-order chi connectivity index (χ0) is 12.8. The van der Waals surface area contributed by atoms with E-state index in [2.05, 4.69) is 6.58 Å². The quantitative estimate of drug-likeness (QED) is 0.483. The highest BCUT2D eigenvalue weighted by Gasteiger charge is 2.17. The van der Waals surface area contributed by atoms with Crippen molar-refractivity contribution in [1.82, 2.24) is 0 Å². The SMILES string of the molecule is C=CCc1cccc(C(=O)O)c1OC(=O)CC. The van der Waals surface area contributed by atoms with Crippen molar-refractivity contribution in [3.8, 4) is 5.75 Å². The predicted octanol–water partition coefficient (Wildman–Crippen LogP) is 2.43. The minimum atomic E-state index is -1.12. The van der Waals surface area contributed by atoms with Gasteiger partial charge in [-0.05, 0) is 18.1 Å². The van der Waals surface area contributed by atoms with Crippen molar-refractivity contribution in [2.24, 2.45) is 0 Å². The summed E-state index contributed by atoms with van der Waals surface area (Å²) in [4.78, 5) is 22.3. The molecule has 1 aromatic rings. The van der Waals surface area contributed by atoms with E-state index >= 15 is 0 Å². The van der Waals surface area contributed by atoms with Gasteiger partial charge in [0.1, 0.15) is 11.3 Å². The standard InChI is InChI=1S/C13H14O4/c1-3-6-9-7-5-8-10(13(15)16)12(9)17-11(14)4-2/h3,5,7-8H,1,4,6H2,2H3,(H,15,16). The highest BCUT2D eigenvalue weighted by molar-refractivity contribution is 5.92. The summed E-state index contributed by atoms with van der Waals surface area (Å²) in [6.07, 6.45) is 2.28. The monoisotopic (exact) mass is 234 g/mol. The summed E-state index contributed by atoms with van der Waals surface area (Å²) in [6, 6.07) is 4.74. The number of carboxylic acid groups (broad SMARTS) is 1. The van der Waals surface area contributed by atoms with Crippen LogP contribution in [-0.2, 0) is 11.2 Å². The van der Waals surface area contributed by atoms with E-state index in [-0.39, 0.29) is 17.7 Å². The van der Waals surface area contributed by atoms with Crippen molar-refractivity contribution in [3.05, 3.63) is 42.0 Å². The molecule has 4 nitrogen and oxygen atoms in total. The van der Waals surface area contributed by atoms with Crippen LogP contribution in [-0.4, -0.2) is 17.0 Å². The topological polar surface area (TPSA) is 63.6 Å². The third-order valence-electron chi connectivity index (χ3n) is 2.20. The molecule has 0 aliphatic rings. The second-order valence-electron chi connectivity index (χ2n) is 3.42. The van der Waals surface area contributed by atoms with Crippen molar-refractivity contribution >= 4 is 11.9 Å². The maximum Gasteiger partial charge on any atom is 0.339 e. The minimum absolute atomic E-state index is 0.00819. The first-order valence-corrected chi connectivity index (χ1v) is 5.26. The summed E-state index contributed by atoms with van der Waals surface area (Å²) < 4.78 is 5.07. The Bertz CT molecular complexity index is 449. The third kappa shape index (κ3) is 3.17. The molecule has 90 valence electrons. The number of para-hydroxylation sites is 1. The number of rotatable bonds is 5. The lowest BCUT2D eigenvalue weighted by atomic mass is 10.1. The number of carbonyl (C=O) groups is 2. The molecular weight excluding hydrogens is 220 g/mol. The van der Waals surface area contributed by atoms with Crippen LogP contribution in [0.4, 0.5) is 0 Å². The van der Waals surface area contributed by atoms with Gasteiger partial charge in [-0.15, -0.1) is 6.58 Å². The van der Waals surface area contributed by atoms with E-state index in [0.29, 0.717) is 12.0 Å². The molecule has 0 aliphatic heterocycles. The van der Waals surface area contributed by atoms with Crippen molar-refractivity contribution in [3.63, 3.8) is 0 Å². The van der Waals surface area contributed by atoms with Gasteiger partial charge in [-0.25, -0.2) is 4.79 Å². The summed E-state index contributed by atoms with van der Waals surface area (Å²) in [6.45, 7) is 5.23. The molecule has 0 saturated carbocycles. The Hall–Kier alpha value is -2.10. The van der Waals surface area contributed by atoms with Crippen molar-refractivity contribution in [2.75, 3.05) is 0 Å². The Kier molecular flexibility index (Phi) is 4.46. The first-order valence-electron chi connectivity index (χ1n) is 5.26. The lowest BCUT2D eigenvalue weighted by Gasteiger charge is -2.11. The van der Waals surface area contributed by atoms with Gasteiger partial charge in [0.2, 0.25) is 0 Å². The molecular formula is C13H14O4. The fraction of sp³-hybridized carbons (Fsp3) is 0.231. The van der Waals surface area contributed by atoms with Gasteiger partial charge in [0.15, 0.2) is 0 Å². The van der Waals surface area contributed by atoms with E-state index < -0.39 is 11.9 Å². The summed E-state index contributed by atoms with van der Waals surface area (Å²) in [5.41, 5.74) is 0.632. The maximum absolute atomic E-state index is 11.3. The van der Waals surface area contributed by atoms with Crippen LogP contribution in [0.15, 0.2) is 30.9 Å². The summed E-state index contributed by atoms with van der Waals surface area (Å²) in [5.74, 6) is -1.45. The Morgan fingerprint density at radius 3 is 2.71 bits per heavy atom. The van der Waals surface area contributed by atoms with Crippen molar-refractivity contribution in [2.45, 2.75) is 19.8 Å². The molecule has 4 heteroatoms. The van der Waals surface area contributed by atoms with Crippen LogP contribution in [0.1, 0.15) is 29.3 Å². The molecule has 0 amide bonds. The first-order chi connectivity index (χ1) is 8.10. The number of carboxylic acids is 1. The minimum Gasteiger partial charge on any atom is -0.478 e. The van der Waals surface area contributed by atoms with Gasteiger partial charge >= 0.3 is 11.9 Å². The lowest BCUT2D eigenvalue weighted by Crippen LogP contribution is -2.11. The molecule has 0 fully saturated rings. The fourth-order valence-electron chi connectivity index (χ4n) is 1.38. The van der Waals surface area contributed by atoms with E-state index in [1.807, 2.05) is 0 Å². The molecule has 0 aromatic heterocycles. The smallest absolute Gasteiger partial charge is 0.339 e. The summed E-state index contributed by atoms with van der Waals surface area (Å²) in [5, 5.41) is 9.03. The number of hydrogen-bond donors (Lipinski definition) is 1. The molecule has 0 unspecified atom stereocenters. The van der Waals surface area contributed by atoms with Gasteiger partial charge in [-0.1, -0.05) is 25.1 Å². The van der Waals surface area contributed by atoms with Crippen LogP contribution in [0.3, 0.4) is 0 Å². The summed E-state index contributed by atoms with van der Waals surface area (Å²) in [7, 11) is 0. The number of hydrogen-bond acceptors (Lipinski definition) is 3. The van der Waals surface area contributed by atoms with E-state index in [1.165, 1.54) is 6.07 Å². The van der Waals surface area contributed by atoms with Crippen LogP contribution < -0.4 is 4.74 Å². The largest absolute Gasteiger partial charge is 0.478 e. The molecule has 1 N–H and O–H groups in total. The van der Waals surface area contributed by atoms with Gasteiger partial charge in [0.05, 0.1) is 0 Å². The molecule has 1 rings (SSSR count). The zero-order valence-electron chi connectivity index (χ0n) is 9.60. The number of ether oxygens (including phenoxy) is 1. The van der Waals surface area contributed by atoms with E-state index in [1.54, 1.807) is 25.1 Å².